The van der Waals surface area contributed by atoms with Gasteiger partial charge in [-0.05, 0) is 43.7 Å². The van der Waals surface area contributed by atoms with E-state index in [1.165, 1.54) is 0 Å². The molecule has 0 radical (unpaired) electrons. The van der Waals surface area contributed by atoms with Crippen molar-refractivity contribution in [2.24, 2.45) is 0 Å². The first-order valence-electron chi connectivity index (χ1n) is 7.95. The average molecular weight is 399 g/mol. The summed E-state index contributed by atoms with van der Waals surface area (Å²) in [6, 6.07) is 16.9. The van der Waals surface area contributed by atoms with Crippen LogP contribution in [0.25, 0.3) is 6.08 Å². The fourth-order valence-corrected chi connectivity index (χ4v) is 2.70. The zero-order valence-corrected chi connectivity index (χ0v) is 15.7. The Bertz CT molecular complexity index is 810. The molecule has 0 saturated heterocycles. The lowest BCUT2D eigenvalue weighted by molar-refractivity contribution is -0.117. The number of nitrogens with one attached hydrogen (secondary N) is 1. The first kappa shape index (κ1) is 18.8. The molecule has 0 spiro atoms. The molecule has 1 atom stereocenters. The number of amides is 1. The monoisotopic (exact) mass is 398 g/mol. The quantitative estimate of drug-likeness (QED) is 0.569. The molecule has 2 aromatic carbocycles. The molecular weight excluding hydrogens is 380 g/mol. The molecule has 128 valence electrons. The molecule has 0 aliphatic heterocycles. The van der Waals surface area contributed by atoms with Crippen molar-refractivity contribution in [2.45, 2.75) is 19.9 Å². The predicted octanol–water partition coefficient (Wildman–Crippen LogP) is 4.63. The Hall–Kier alpha value is -2.58. The summed E-state index contributed by atoms with van der Waals surface area (Å²) in [5, 5.41) is 12.3. The highest BCUT2D eigenvalue weighted by atomic mass is 79.9. The molecule has 4 nitrogen and oxygen atoms in total. The number of ether oxygens (including phenoxy) is 1. The number of carbonyl (C=O) groups is 1. The summed E-state index contributed by atoms with van der Waals surface area (Å²) in [5.74, 6) is 0.212. The lowest BCUT2D eigenvalue weighted by atomic mass is 10.1. The van der Waals surface area contributed by atoms with E-state index in [2.05, 4.69) is 21.2 Å². The van der Waals surface area contributed by atoms with Crippen molar-refractivity contribution in [3.05, 3.63) is 69.7 Å². The van der Waals surface area contributed by atoms with E-state index in [1.807, 2.05) is 62.4 Å². The standard InChI is InChI=1S/C20H19BrN2O2/c1-3-25-19-10-9-18(21)12-16(19)11-17(13-22)20(24)23-14(2)15-7-5-4-6-8-15/h4-12,14H,3H2,1-2H3,(H,23,24)/b17-11-/t14-/m1/s1. The highest BCUT2D eigenvalue weighted by Gasteiger charge is 2.15. The van der Waals surface area contributed by atoms with Gasteiger partial charge >= 0.3 is 0 Å². The molecule has 2 rings (SSSR count). The predicted molar refractivity (Wildman–Crippen MR) is 102 cm³/mol. The topological polar surface area (TPSA) is 62.1 Å². The number of hydrogen-bond donors (Lipinski definition) is 1. The number of benzene rings is 2. The highest BCUT2D eigenvalue weighted by molar-refractivity contribution is 9.10. The maximum Gasteiger partial charge on any atom is 0.262 e. The van der Waals surface area contributed by atoms with Gasteiger partial charge in [0.15, 0.2) is 0 Å². The summed E-state index contributed by atoms with van der Waals surface area (Å²) in [7, 11) is 0. The van der Waals surface area contributed by atoms with Gasteiger partial charge in [0, 0.05) is 10.0 Å². The van der Waals surface area contributed by atoms with E-state index >= 15 is 0 Å². The Morgan fingerprint density at radius 1 is 1.32 bits per heavy atom. The van der Waals surface area contributed by atoms with Gasteiger partial charge in [0.1, 0.15) is 17.4 Å². The van der Waals surface area contributed by atoms with Gasteiger partial charge in [-0.25, -0.2) is 0 Å². The minimum atomic E-state index is -0.415. The Morgan fingerprint density at radius 2 is 2.04 bits per heavy atom. The SMILES string of the molecule is CCOc1ccc(Br)cc1/C=C(/C#N)C(=O)N[C@H](C)c1ccccc1. The number of rotatable bonds is 6. The summed E-state index contributed by atoms with van der Waals surface area (Å²) in [6.07, 6.45) is 1.54. The van der Waals surface area contributed by atoms with Crippen LogP contribution >= 0.6 is 15.9 Å². The van der Waals surface area contributed by atoms with Gasteiger partial charge in [-0.3, -0.25) is 4.79 Å². The van der Waals surface area contributed by atoms with Crippen molar-refractivity contribution in [1.82, 2.24) is 5.32 Å². The van der Waals surface area contributed by atoms with Gasteiger partial charge in [0.05, 0.1) is 12.6 Å². The molecule has 25 heavy (non-hydrogen) atoms. The van der Waals surface area contributed by atoms with Crippen LogP contribution in [-0.4, -0.2) is 12.5 Å². The van der Waals surface area contributed by atoms with Crippen LogP contribution in [0, 0.1) is 11.3 Å². The third-order valence-electron chi connectivity index (χ3n) is 3.58. The smallest absolute Gasteiger partial charge is 0.262 e. The minimum Gasteiger partial charge on any atom is -0.493 e. The molecule has 0 fully saturated rings. The summed E-state index contributed by atoms with van der Waals surface area (Å²) < 4.78 is 6.41. The molecule has 1 amide bonds. The second kappa shape index (κ2) is 9.05. The van der Waals surface area contributed by atoms with Crippen LogP contribution in [0.2, 0.25) is 0 Å². The first-order valence-corrected chi connectivity index (χ1v) is 8.74. The van der Waals surface area contributed by atoms with Crippen LogP contribution in [0.4, 0.5) is 0 Å². The summed E-state index contributed by atoms with van der Waals surface area (Å²) in [5.41, 5.74) is 1.68. The first-order chi connectivity index (χ1) is 12.0. The highest BCUT2D eigenvalue weighted by Crippen LogP contribution is 2.26. The second-order valence-corrected chi connectivity index (χ2v) is 6.31. The van der Waals surface area contributed by atoms with E-state index in [4.69, 9.17) is 4.74 Å². The zero-order valence-electron chi connectivity index (χ0n) is 14.1. The van der Waals surface area contributed by atoms with E-state index in [0.717, 1.165) is 10.0 Å². The molecule has 5 heteroatoms. The molecule has 0 aliphatic carbocycles. The van der Waals surface area contributed by atoms with E-state index in [1.54, 1.807) is 12.1 Å². The fraction of sp³-hybridized carbons (Fsp3) is 0.200. The maximum atomic E-state index is 12.5. The lowest BCUT2D eigenvalue weighted by Crippen LogP contribution is -2.27. The lowest BCUT2D eigenvalue weighted by Gasteiger charge is -2.14. The molecule has 2 aromatic rings. The normalized spacial score (nSPS) is 12.2. The zero-order chi connectivity index (χ0) is 18.2. The van der Waals surface area contributed by atoms with Crippen LogP contribution in [0.3, 0.4) is 0 Å². The molecule has 0 saturated carbocycles. The van der Waals surface area contributed by atoms with Crippen LogP contribution in [-0.2, 0) is 4.79 Å². The number of nitrogens with zero attached hydrogens (tertiary/aromatic N) is 1. The van der Waals surface area contributed by atoms with Gasteiger partial charge < -0.3 is 10.1 Å². The van der Waals surface area contributed by atoms with Crippen LogP contribution in [0.5, 0.6) is 5.75 Å². The van der Waals surface area contributed by atoms with Crippen molar-refractivity contribution in [3.63, 3.8) is 0 Å². The Morgan fingerprint density at radius 3 is 2.68 bits per heavy atom. The second-order valence-electron chi connectivity index (χ2n) is 5.39. The maximum absolute atomic E-state index is 12.5. The largest absolute Gasteiger partial charge is 0.493 e. The minimum absolute atomic E-state index is 0.0295. The van der Waals surface area contributed by atoms with Crippen molar-refractivity contribution in [3.8, 4) is 11.8 Å². The van der Waals surface area contributed by atoms with E-state index in [9.17, 15) is 10.1 Å². The van der Waals surface area contributed by atoms with Gasteiger partial charge in [0.25, 0.3) is 5.91 Å². The number of carbonyl (C=O) groups excluding carboxylic acids is 1. The third kappa shape index (κ3) is 5.20. The van der Waals surface area contributed by atoms with Gasteiger partial charge in [-0.2, -0.15) is 5.26 Å². The van der Waals surface area contributed by atoms with Gasteiger partial charge in [0.2, 0.25) is 0 Å². The molecule has 0 heterocycles. The van der Waals surface area contributed by atoms with Crippen LogP contribution < -0.4 is 10.1 Å². The third-order valence-corrected chi connectivity index (χ3v) is 4.08. The number of nitriles is 1. The summed E-state index contributed by atoms with van der Waals surface area (Å²) in [4.78, 5) is 12.5. The van der Waals surface area contributed by atoms with E-state index < -0.39 is 5.91 Å². The van der Waals surface area contributed by atoms with Gasteiger partial charge in [-0.15, -0.1) is 0 Å². The number of halogens is 1. The van der Waals surface area contributed by atoms with Gasteiger partial charge in [-0.1, -0.05) is 46.3 Å². The van der Waals surface area contributed by atoms with Crippen LogP contribution in [0.1, 0.15) is 31.0 Å². The molecule has 0 aromatic heterocycles. The molecule has 0 aliphatic rings. The van der Waals surface area contributed by atoms with Crippen molar-refractivity contribution in [1.29, 1.82) is 5.26 Å². The molecule has 0 unspecified atom stereocenters. The van der Waals surface area contributed by atoms with Crippen molar-refractivity contribution in [2.75, 3.05) is 6.61 Å². The Labute approximate surface area is 156 Å². The van der Waals surface area contributed by atoms with Crippen molar-refractivity contribution >= 4 is 27.9 Å². The Kier molecular flexibility index (Phi) is 6.79. The molecule has 0 bridgehead atoms. The molecular formula is C20H19BrN2O2. The van der Waals surface area contributed by atoms with Crippen LogP contribution in [0.15, 0.2) is 58.6 Å². The Balaban J connectivity index is 2.24. The van der Waals surface area contributed by atoms with E-state index in [0.29, 0.717) is 17.9 Å². The molecule has 1 N–H and O–H groups in total. The summed E-state index contributed by atoms with van der Waals surface area (Å²) >= 11 is 3.40. The fourth-order valence-electron chi connectivity index (χ4n) is 2.32. The van der Waals surface area contributed by atoms with E-state index in [-0.39, 0.29) is 11.6 Å². The summed E-state index contributed by atoms with van der Waals surface area (Å²) in [6.45, 7) is 4.27. The number of hydrogen-bond acceptors (Lipinski definition) is 3. The van der Waals surface area contributed by atoms with Crippen molar-refractivity contribution < 1.29 is 9.53 Å². The average Bonchev–Trinajstić information content (AvgIpc) is 2.62.